The van der Waals surface area contributed by atoms with E-state index >= 15 is 0 Å². The lowest BCUT2D eigenvalue weighted by molar-refractivity contribution is 0.628. The molecular weight excluding hydrogens is 215 g/mol. The van der Waals surface area contributed by atoms with E-state index in [-0.39, 0.29) is 5.82 Å². The zero-order valence-corrected chi connectivity index (χ0v) is 9.73. The van der Waals surface area contributed by atoms with Gasteiger partial charge in [-0.05, 0) is 43.3 Å². The van der Waals surface area contributed by atoms with Gasteiger partial charge in [0.05, 0.1) is 11.4 Å². The van der Waals surface area contributed by atoms with Gasteiger partial charge in [-0.15, -0.1) is 0 Å². The molecule has 0 unspecified atom stereocenters. The molecule has 2 aromatic carbocycles. The quantitative estimate of drug-likeness (QED) is 0.817. The molecule has 0 amide bonds. The van der Waals surface area contributed by atoms with Crippen LogP contribution in [0.25, 0.3) is 0 Å². The Morgan fingerprint density at radius 2 is 1.71 bits per heavy atom. The fraction of sp³-hybridized carbons (Fsp3) is 0.143. The highest BCUT2D eigenvalue weighted by Crippen LogP contribution is 2.29. The molecule has 0 aliphatic carbocycles. The molecule has 0 fully saturated rings. The van der Waals surface area contributed by atoms with Crippen LogP contribution in [0.3, 0.4) is 0 Å². The van der Waals surface area contributed by atoms with E-state index in [9.17, 15) is 4.39 Å². The second-order valence-electron chi connectivity index (χ2n) is 3.78. The molecule has 17 heavy (non-hydrogen) atoms. The largest absolute Gasteiger partial charge is 0.397 e. The lowest BCUT2D eigenvalue weighted by Crippen LogP contribution is -2.17. The van der Waals surface area contributed by atoms with Crippen molar-refractivity contribution in [2.24, 2.45) is 0 Å². The van der Waals surface area contributed by atoms with Crippen molar-refractivity contribution >= 4 is 17.1 Å². The Morgan fingerprint density at radius 1 is 1.06 bits per heavy atom. The Hall–Kier alpha value is -2.03. The number of hydrogen-bond donors (Lipinski definition) is 1. The van der Waals surface area contributed by atoms with Crippen LogP contribution in [0.15, 0.2) is 48.5 Å². The smallest absolute Gasteiger partial charge is 0.123 e. The molecular formula is C14H15FN2. The molecule has 0 heterocycles. The fourth-order valence-electron chi connectivity index (χ4n) is 1.85. The van der Waals surface area contributed by atoms with E-state index in [2.05, 4.69) is 4.90 Å². The Balaban J connectivity index is 2.40. The summed E-state index contributed by atoms with van der Waals surface area (Å²) in [6.07, 6.45) is 0. The first kappa shape index (κ1) is 11.5. The lowest BCUT2D eigenvalue weighted by atomic mass is 10.2. The molecule has 2 aromatic rings. The van der Waals surface area contributed by atoms with Gasteiger partial charge < -0.3 is 10.6 Å². The van der Waals surface area contributed by atoms with E-state index in [4.69, 9.17) is 5.73 Å². The lowest BCUT2D eigenvalue weighted by Gasteiger charge is -2.24. The van der Waals surface area contributed by atoms with Gasteiger partial charge in [0.1, 0.15) is 5.82 Å². The first-order valence-electron chi connectivity index (χ1n) is 5.60. The number of anilines is 3. The summed E-state index contributed by atoms with van der Waals surface area (Å²) in [6, 6.07) is 14.1. The Kier molecular flexibility index (Phi) is 3.28. The van der Waals surface area contributed by atoms with Gasteiger partial charge in [-0.3, -0.25) is 0 Å². The number of halogens is 1. The van der Waals surface area contributed by atoms with E-state index in [1.807, 2.05) is 31.2 Å². The highest BCUT2D eigenvalue weighted by Gasteiger charge is 2.09. The van der Waals surface area contributed by atoms with E-state index in [0.29, 0.717) is 0 Å². The van der Waals surface area contributed by atoms with Crippen molar-refractivity contribution in [1.82, 2.24) is 0 Å². The fourth-order valence-corrected chi connectivity index (χ4v) is 1.85. The van der Waals surface area contributed by atoms with Crippen LogP contribution in [0, 0.1) is 5.82 Å². The molecule has 0 spiro atoms. The highest BCUT2D eigenvalue weighted by molar-refractivity contribution is 5.74. The molecule has 2 nitrogen and oxygen atoms in total. The molecule has 0 aliphatic heterocycles. The van der Waals surface area contributed by atoms with Crippen molar-refractivity contribution in [2.45, 2.75) is 6.92 Å². The summed E-state index contributed by atoms with van der Waals surface area (Å²) in [7, 11) is 0. The molecule has 0 atom stereocenters. The highest BCUT2D eigenvalue weighted by atomic mass is 19.1. The number of nitrogen functional groups attached to an aromatic ring is 1. The van der Waals surface area contributed by atoms with Crippen molar-refractivity contribution in [1.29, 1.82) is 0 Å². The van der Waals surface area contributed by atoms with Crippen LogP contribution in [0.5, 0.6) is 0 Å². The van der Waals surface area contributed by atoms with Gasteiger partial charge in [0.2, 0.25) is 0 Å². The molecule has 2 rings (SSSR count). The summed E-state index contributed by atoms with van der Waals surface area (Å²) >= 11 is 0. The first-order valence-corrected chi connectivity index (χ1v) is 5.60. The molecule has 2 N–H and O–H groups in total. The third-order valence-electron chi connectivity index (χ3n) is 2.68. The van der Waals surface area contributed by atoms with Gasteiger partial charge >= 0.3 is 0 Å². The van der Waals surface area contributed by atoms with Crippen molar-refractivity contribution < 1.29 is 4.39 Å². The van der Waals surface area contributed by atoms with Gasteiger partial charge in [0.25, 0.3) is 0 Å². The monoisotopic (exact) mass is 230 g/mol. The molecule has 0 bridgehead atoms. The maximum atomic E-state index is 12.9. The third-order valence-corrected chi connectivity index (χ3v) is 2.68. The number of benzene rings is 2. The SMILES string of the molecule is CCN(c1ccc(F)cc1)c1ccccc1N. The zero-order chi connectivity index (χ0) is 12.3. The number of nitrogens with zero attached hydrogens (tertiary/aromatic N) is 1. The van der Waals surface area contributed by atoms with Crippen LogP contribution in [0.1, 0.15) is 6.92 Å². The van der Waals surface area contributed by atoms with E-state index < -0.39 is 0 Å². The Morgan fingerprint density at radius 3 is 2.29 bits per heavy atom. The topological polar surface area (TPSA) is 29.3 Å². The van der Waals surface area contributed by atoms with Crippen LogP contribution < -0.4 is 10.6 Å². The van der Waals surface area contributed by atoms with Crippen LogP contribution in [-0.2, 0) is 0 Å². The van der Waals surface area contributed by atoms with Crippen molar-refractivity contribution in [3.8, 4) is 0 Å². The predicted molar refractivity (Wildman–Crippen MR) is 69.9 cm³/mol. The van der Waals surface area contributed by atoms with Gasteiger partial charge in [0.15, 0.2) is 0 Å². The summed E-state index contributed by atoms with van der Waals surface area (Å²) in [6.45, 7) is 2.82. The van der Waals surface area contributed by atoms with Crippen molar-refractivity contribution in [3.05, 3.63) is 54.3 Å². The van der Waals surface area contributed by atoms with Crippen molar-refractivity contribution in [3.63, 3.8) is 0 Å². The minimum atomic E-state index is -0.231. The molecule has 0 saturated heterocycles. The third kappa shape index (κ3) is 2.38. The zero-order valence-electron chi connectivity index (χ0n) is 9.73. The number of rotatable bonds is 3. The van der Waals surface area contributed by atoms with Gasteiger partial charge in [-0.2, -0.15) is 0 Å². The molecule has 0 radical (unpaired) electrons. The maximum Gasteiger partial charge on any atom is 0.123 e. The number of hydrogen-bond acceptors (Lipinski definition) is 2. The average Bonchev–Trinajstić information content (AvgIpc) is 2.35. The Labute approximate surface area is 100 Å². The van der Waals surface area contributed by atoms with E-state index in [1.165, 1.54) is 12.1 Å². The molecule has 0 saturated carbocycles. The van der Waals surface area contributed by atoms with E-state index in [0.717, 1.165) is 23.6 Å². The maximum absolute atomic E-state index is 12.9. The minimum absolute atomic E-state index is 0.231. The average molecular weight is 230 g/mol. The normalized spacial score (nSPS) is 10.2. The molecule has 88 valence electrons. The van der Waals surface area contributed by atoms with Gasteiger partial charge in [-0.25, -0.2) is 4.39 Å². The van der Waals surface area contributed by atoms with Crippen LogP contribution in [-0.4, -0.2) is 6.54 Å². The second kappa shape index (κ2) is 4.87. The summed E-state index contributed by atoms with van der Waals surface area (Å²) in [5, 5.41) is 0. The minimum Gasteiger partial charge on any atom is -0.397 e. The van der Waals surface area contributed by atoms with E-state index in [1.54, 1.807) is 12.1 Å². The van der Waals surface area contributed by atoms with Crippen LogP contribution in [0.4, 0.5) is 21.5 Å². The summed E-state index contributed by atoms with van der Waals surface area (Å²) in [4.78, 5) is 2.05. The standard InChI is InChI=1S/C14H15FN2/c1-2-17(12-9-7-11(15)8-10-12)14-6-4-3-5-13(14)16/h3-10H,2,16H2,1H3. The summed E-state index contributed by atoms with van der Waals surface area (Å²) in [5.41, 5.74) is 8.55. The first-order chi connectivity index (χ1) is 8.22. The van der Waals surface area contributed by atoms with Crippen molar-refractivity contribution in [2.75, 3.05) is 17.2 Å². The summed E-state index contributed by atoms with van der Waals surface area (Å²) in [5.74, 6) is -0.231. The molecule has 0 aromatic heterocycles. The molecule has 3 heteroatoms. The summed E-state index contributed by atoms with van der Waals surface area (Å²) < 4.78 is 12.9. The van der Waals surface area contributed by atoms with Crippen LogP contribution >= 0.6 is 0 Å². The second-order valence-corrected chi connectivity index (χ2v) is 3.78. The van der Waals surface area contributed by atoms with Crippen LogP contribution in [0.2, 0.25) is 0 Å². The number of nitrogens with two attached hydrogens (primary N) is 1. The van der Waals surface area contributed by atoms with Gasteiger partial charge in [0, 0.05) is 12.2 Å². The Bertz CT molecular complexity index is 494. The van der Waals surface area contributed by atoms with Gasteiger partial charge in [-0.1, -0.05) is 12.1 Å². The predicted octanol–water partition coefficient (Wildman–Crippen LogP) is 3.57. The molecule has 0 aliphatic rings. The number of para-hydroxylation sites is 2.